The Hall–Kier alpha value is -4.43. The number of aryl methyl sites for hydroxylation is 2. The van der Waals surface area contributed by atoms with Crippen molar-refractivity contribution in [2.24, 2.45) is 0 Å². The van der Waals surface area contributed by atoms with Crippen LogP contribution in [0.4, 0.5) is 11.8 Å². The summed E-state index contributed by atoms with van der Waals surface area (Å²) >= 11 is 0. The molecule has 5 aromatic rings. The Kier molecular flexibility index (Phi) is 10.1. The van der Waals surface area contributed by atoms with Crippen LogP contribution < -0.4 is 25.0 Å². The highest BCUT2D eigenvalue weighted by atomic mass is 16.5. The largest absolute Gasteiger partial charge is 0.493 e. The topological polar surface area (TPSA) is 84.4 Å². The molecule has 0 radical (unpaired) electrons. The van der Waals surface area contributed by atoms with Crippen LogP contribution in [-0.4, -0.2) is 55.4 Å². The summed E-state index contributed by atoms with van der Waals surface area (Å²) < 4.78 is 11.1. The Morgan fingerprint density at radius 1 is 0.830 bits per heavy atom. The first kappa shape index (κ1) is 32.5. The number of ether oxygens (including phenoxy) is 2. The molecule has 0 bridgehead atoms. The number of anilines is 2. The molecule has 0 unspecified atom stereocenters. The number of hydrogen-bond acceptors (Lipinski definition) is 8. The SMILES string of the molecule is CCCCc1cc(C)c2nc(-c3ccc(OC)c(OC)c3)cc(CNC3CCC(Nc4nc(N(C)C)c5ccccc5n4)CC3)c2c1. The summed E-state index contributed by atoms with van der Waals surface area (Å²) in [6.07, 6.45) is 7.79. The van der Waals surface area contributed by atoms with Crippen LogP contribution in [0.15, 0.2) is 60.7 Å². The van der Waals surface area contributed by atoms with Crippen LogP contribution in [-0.2, 0) is 13.0 Å². The van der Waals surface area contributed by atoms with Crippen LogP contribution in [0.1, 0.15) is 62.1 Å². The summed E-state index contributed by atoms with van der Waals surface area (Å²) in [5.74, 6) is 3.07. The molecule has 0 spiro atoms. The molecule has 47 heavy (non-hydrogen) atoms. The van der Waals surface area contributed by atoms with Crippen molar-refractivity contribution in [1.82, 2.24) is 20.3 Å². The van der Waals surface area contributed by atoms with E-state index in [1.165, 1.54) is 34.9 Å². The van der Waals surface area contributed by atoms with Gasteiger partial charge < -0.3 is 25.0 Å². The molecule has 3 aromatic carbocycles. The third-order valence-corrected chi connectivity index (χ3v) is 9.40. The lowest BCUT2D eigenvalue weighted by Gasteiger charge is -2.30. The lowest BCUT2D eigenvalue weighted by Crippen LogP contribution is -2.37. The quantitative estimate of drug-likeness (QED) is 0.143. The van der Waals surface area contributed by atoms with E-state index >= 15 is 0 Å². The van der Waals surface area contributed by atoms with E-state index in [2.05, 4.69) is 65.8 Å². The zero-order valence-electron chi connectivity index (χ0n) is 28.7. The molecule has 6 rings (SSSR count). The minimum absolute atomic E-state index is 0.353. The van der Waals surface area contributed by atoms with E-state index in [4.69, 9.17) is 24.4 Å². The fourth-order valence-corrected chi connectivity index (χ4v) is 6.80. The van der Waals surface area contributed by atoms with E-state index in [1.807, 2.05) is 38.4 Å². The normalized spacial score (nSPS) is 16.4. The number of fused-ring (bicyclic) bond motifs is 2. The molecule has 0 atom stereocenters. The Balaban J connectivity index is 1.20. The second-order valence-electron chi connectivity index (χ2n) is 13.0. The van der Waals surface area contributed by atoms with Gasteiger partial charge in [0.05, 0.1) is 30.9 Å². The number of hydrogen-bond donors (Lipinski definition) is 2. The van der Waals surface area contributed by atoms with Gasteiger partial charge in [0.2, 0.25) is 5.95 Å². The van der Waals surface area contributed by atoms with Crippen LogP contribution >= 0.6 is 0 Å². The number of methoxy groups -OCH3 is 2. The van der Waals surface area contributed by atoms with E-state index in [-0.39, 0.29) is 0 Å². The van der Waals surface area contributed by atoms with Crippen molar-refractivity contribution in [2.75, 3.05) is 38.5 Å². The lowest BCUT2D eigenvalue weighted by molar-refractivity contribution is 0.352. The molecule has 1 aliphatic rings. The minimum Gasteiger partial charge on any atom is -0.493 e. The highest BCUT2D eigenvalue weighted by Gasteiger charge is 2.23. The van der Waals surface area contributed by atoms with E-state index in [9.17, 15) is 0 Å². The lowest BCUT2D eigenvalue weighted by atomic mass is 9.91. The number of unbranched alkanes of at least 4 members (excludes halogenated alkanes) is 1. The Morgan fingerprint density at radius 2 is 1.60 bits per heavy atom. The third-order valence-electron chi connectivity index (χ3n) is 9.40. The highest BCUT2D eigenvalue weighted by Crippen LogP contribution is 2.34. The third kappa shape index (κ3) is 7.28. The molecule has 8 nitrogen and oxygen atoms in total. The predicted molar refractivity (Wildman–Crippen MR) is 194 cm³/mol. The number of aromatic nitrogens is 3. The number of benzene rings is 3. The molecule has 2 heterocycles. The monoisotopic (exact) mass is 632 g/mol. The zero-order valence-corrected chi connectivity index (χ0v) is 28.7. The predicted octanol–water partition coefficient (Wildman–Crippen LogP) is 8.09. The molecular weight excluding hydrogens is 584 g/mol. The van der Waals surface area contributed by atoms with Crippen LogP contribution in [0.25, 0.3) is 33.1 Å². The number of pyridine rings is 1. The molecule has 246 valence electrons. The first-order valence-corrected chi connectivity index (χ1v) is 17.0. The molecule has 0 aliphatic heterocycles. The standard InChI is InChI=1S/C39H48N6O2/c1-7-8-11-26-20-25(2)37-32(21-26)28(22-34(42-37)27-14-19-35(46-5)36(23-27)47-6)24-40-29-15-17-30(18-16-29)41-39-43-33-13-10-9-12-31(33)38(44-39)45(3)4/h9-10,12-14,19-23,29-30,40H,7-8,11,15-18,24H2,1-6H3,(H,41,43,44). The van der Waals surface area contributed by atoms with Gasteiger partial charge >= 0.3 is 0 Å². The Labute approximate surface area is 278 Å². The number of nitrogens with one attached hydrogen (secondary N) is 2. The molecular formula is C39H48N6O2. The second-order valence-corrected chi connectivity index (χ2v) is 13.0. The summed E-state index contributed by atoms with van der Waals surface area (Å²) in [4.78, 5) is 17.0. The number of para-hydroxylation sites is 1. The molecule has 0 amide bonds. The van der Waals surface area contributed by atoms with Crippen LogP contribution in [0.5, 0.6) is 11.5 Å². The zero-order chi connectivity index (χ0) is 32.9. The Bertz CT molecular complexity index is 1850. The average molecular weight is 633 g/mol. The van der Waals surface area contributed by atoms with Crippen molar-refractivity contribution in [1.29, 1.82) is 0 Å². The van der Waals surface area contributed by atoms with Crippen molar-refractivity contribution in [3.05, 3.63) is 77.4 Å². The summed E-state index contributed by atoms with van der Waals surface area (Å²) in [5.41, 5.74) is 7.88. The average Bonchev–Trinajstić information content (AvgIpc) is 3.09. The summed E-state index contributed by atoms with van der Waals surface area (Å²) in [5, 5.41) is 9.90. The maximum atomic E-state index is 5.62. The highest BCUT2D eigenvalue weighted by molar-refractivity contribution is 5.90. The van der Waals surface area contributed by atoms with Gasteiger partial charge in [-0.3, -0.25) is 0 Å². The van der Waals surface area contributed by atoms with Crippen molar-refractivity contribution in [2.45, 2.75) is 77.4 Å². The van der Waals surface area contributed by atoms with Gasteiger partial charge in [0.25, 0.3) is 0 Å². The summed E-state index contributed by atoms with van der Waals surface area (Å²) in [7, 11) is 7.40. The molecule has 1 fully saturated rings. The van der Waals surface area contributed by atoms with Gasteiger partial charge in [0, 0.05) is 49.1 Å². The molecule has 8 heteroatoms. The van der Waals surface area contributed by atoms with Gasteiger partial charge in [-0.05, 0) is 105 Å². The van der Waals surface area contributed by atoms with E-state index < -0.39 is 0 Å². The van der Waals surface area contributed by atoms with Crippen molar-refractivity contribution in [3.63, 3.8) is 0 Å². The van der Waals surface area contributed by atoms with Crippen molar-refractivity contribution < 1.29 is 9.47 Å². The van der Waals surface area contributed by atoms with E-state index in [0.717, 1.165) is 72.1 Å². The second kappa shape index (κ2) is 14.6. The summed E-state index contributed by atoms with van der Waals surface area (Å²) in [6.45, 7) is 5.23. The van der Waals surface area contributed by atoms with Gasteiger partial charge in [-0.15, -0.1) is 0 Å². The summed E-state index contributed by atoms with van der Waals surface area (Å²) in [6, 6.07) is 22.0. The van der Waals surface area contributed by atoms with E-state index in [0.29, 0.717) is 29.5 Å². The smallest absolute Gasteiger partial charge is 0.225 e. The number of nitrogens with zero attached hydrogens (tertiary/aromatic N) is 4. The molecule has 2 N–H and O–H groups in total. The minimum atomic E-state index is 0.353. The van der Waals surface area contributed by atoms with Crippen LogP contribution in [0.3, 0.4) is 0 Å². The molecule has 1 aliphatic carbocycles. The maximum absolute atomic E-state index is 5.62. The van der Waals surface area contributed by atoms with Crippen LogP contribution in [0.2, 0.25) is 0 Å². The first-order chi connectivity index (χ1) is 22.9. The van der Waals surface area contributed by atoms with Crippen LogP contribution in [0, 0.1) is 6.92 Å². The maximum Gasteiger partial charge on any atom is 0.225 e. The van der Waals surface area contributed by atoms with Gasteiger partial charge in [0.15, 0.2) is 11.5 Å². The fraction of sp³-hybridized carbons (Fsp3) is 0.410. The molecule has 2 aromatic heterocycles. The van der Waals surface area contributed by atoms with E-state index in [1.54, 1.807) is 14.2 Å². The molecule has 0 saturated heterocycles. The number of rotatable bonds is 12. The molecule has 1 saturated carbocycles. The Morgan fingerprint density at radius 3 is 2.34 bits per heavy atom. The first-order valence-electron chi connectivity index (χ1n) is 17.0. The van der Waals surface area contributed by atoms with Gasteiger partial charge in [-0.2, -0.15) is 4.98 Å². The fourth-order valence-electron chi connectivity index (χ4n) is 6.80. The van der Waals surface area contributed by atoms with Crippen molar-refractivity contribution >= 4 is 33.6 Å². The van der Waals surface area contributed by atoms with Gasteiger partial charge in [0.1, 0.15) is 5.82 Å². The van der Waals surface area contributed by atoms with Crippen molar-refractivity contribution in [3.8, 4) is 22.8 Å². The van der Waals surface area contributed by atoms with Gasteiger partial charge in [-0.1, -0.05) is 31.5 Å². The van der Waals surface area contributed by atoms with Gasteiger partial charge in [-0.25, -0.2) is 9.97 Å².